The Hall–Kier alpha value is -3.73. The van der Waals surface area contributed by atoms with Gasteiger partial charge >= 0.3 is 0 Å². The van der Waals surface area contributed by atoms with Crippen molar-refractivity contribution in [2.45, 2.75) is 12.8 Å². The average molecular weight is 422 g/mol. The quantitative estimate of drug-likeness (QED) is 0.701. The van der Waals surface area contributed by atoms with Gasteiger partial charge in [-0.15, -0.1) is 0 Å². The van der Waals surface area contributed by atoms with Crippen LogP contribution < -0.4 is 10.5 Å². The van der Waals surface area contributed by atoms with Gasteiger partial charge in [-0.2, -0.15) is 5.26 Å². The van der Waals surface area contributed by atoms with Crippen molar-refractivity contribution in [1.82, 2.24) is 9.88 Å². The van der Waals surface area contributed by atoms with Crippen LogP contribution in [0.5, 0.6) is 0 Å². The third-order valence-electron chi connectivity index (χ3n) is 5.53. The van der Waals surface area contributed by atoms with Gasteiger partial charge in [-0.05, 0) is 42.1 Å². The number of aromatic amines is 1. The van der Waals surface area contributed by atoms with E-state index in [0.717, 1.165) is 0 Å². The fourth-order valence-corrected chi connectivity index (χ4v) is 3.90. The largest absolute Gasteiger partial charge is 0.366 e. The second-order valence-electron chi connectivity index (χ2n) is 7.47. The maximum absolute atomic E-state index is 14.2. The van der Waals surface area contributed by atoms with Gasteiger partial charge in [-0.3, -0.25) is 9.59 Å². The van der Waals surface area contributed by atoms with Crippen LogP contribution in [0.15, 0.2) is 47.3 Å². The van der Waals surface area contributed by atoms with E-state index in [4.69, 9.17) is 5.26 Å². The standard InChI is InChI=1S/C23H20F2N4O2/c24-18-3-1-2-16-13-17(27-23(31)22(16)18)5-7-21(30)29-10-8-28(9-11-29)20-6-4-15(14-26)12-19(20)25/h1-4,6,12-13H,5,7-11H2,(H,27,31). The highest BCUT2D eigenvalue weighted by molar-refractivity contribution is 5.82. The highest BCUT2D eigenvalue weighted by Gasteiger charge is 2.23. The minimum absolute atomic E-state index is 0.0173. The lowest BCUT2D eigenvalue weighted by molar-refractivity contribution is -0.131. The molecule has 1 aliphatic rings. The molecule has 1 fully saturated rings. The molecule has 4 rings (SSSR count). The van der Waals surface area contributed by atoms with Gasteiger partial charge in [-0.1, -0.05) is 12.1 Å². The van der Waals surface area contributed by atoms with Crippen LogP contribution in [0.25, 0.3) is 10.8 Å². The van der Waals surface area contributed by atoms with Crippen molar-refractivity contribution in [2.75, 3.05) is 31.1 Å². The molecule has 0 radical (unpaired) electrons. The minimum Gasteiger partial charge on any atom is -0.366 e. The summed E-state index contributed by atoms with van der Waals surface area (Å²) in [6.07, 6.45) is 0.549. The molecule has 0 spiro atoms. The molecule has 31 heavy (non-hydrogen) atoms. The second-order valence-corrected chi connectivity index (χ2v) is 7.47. The number of amides is 1. The number of fused-ring (bicyclic) bond motifs is 1. The van der Waals surface area contributed by atoms with Crippen LogP contribution in [0.4, 0.5) is 14.5 Å². The number of halogens is 2. The maximum atomic E-state index is 14.2. The van der Waals surface area contributed by atoms with Crippen LogP contribution in [0, 0.1) is 23.0 Å². The predicted octanol–water partition coefficient (Wildman–Crippen LogP) is 2.96. The molecule has 2 heterocycles. The molecule has 1 amide bonds. The number of hydrogen-bond donors (Lipinski definition) is 1. The van der Waals surface area contributed by atoms with E-state index < -0.39 is 17.2 Å². The number of nitrogens with one attached hydrogen (secondary N) is 1. The highest BCUT2D eigenvalue weighted by Crippen LogP contribution is 2.22. The van der Waals surface area contributed by atoms with Gasteiger partial charge in [0.25, 0.3) is 5.56 Å². The number of pyridine rings is 1. The van der Waals surface area contributed by atoms with Gasteiger partial charge in [0.15, 0.2) is 0 Å². The summed E-state index contributed by atoms with van der Waals surface area (Å²) in [5.74, 6) is -1.08. The van der Waals surface area contributed by atoms with Gasteiger partial charge in [0, 0.05) is 38.3 Å². The number of aromatic nitrogens is 1. The lowest BCUT2D eigenvalue weighted by Crippen LogP contribution is -2.49. The highest BCUT2D eigenvalue weighted by atomic mass is 19.1. The molecule has 0 bridgehead atoms. The minimum atomic E-state index is -0.571. The number of piperazine rings is 1. The van der Waals surface area contributed by atoms with Crippen LogP contribution in [0.3, 0.4) is 0 Å². The van der Waals surface area contributed by atoms with Gasteiger partial charge < -0.3 is 14.8 Å². The molecule has 0 atom stereocenters. The van der Waals surface area contributed by atoms with Crippen LogP contribution in [0.1, 0.15) is 17.7 Å². The van der Waals surface area contributed by atoms with Crippen LogP contribution >= 0.6 is 0 Å². The Balaban J connectivity index is 1.36. The summed E-state index contributed by atoms with van der Waals surface area (Å²) in [4.78, 5) is 31.0. The Morgan fingerprint density at radius 2 is 1.84 bits per heavy atom. The van der Waals surface area contributed by atoms with Crippen LogP contribution in [-0.4, -0.2) is 42.0 Å². The summed E-state index contributed by atoms with van der Waals surface area (Å²) in [5.41, 5.74) is 0.766. The summed E-state index contributed by atoms with van der Waals surface area (Å²) < 4.78 is 28.1. The SMILES string of the molecule is N#Cc1ccc(N2CCN(C(=O)CCc3cc4cccc(F)c4c(=O)[nH]3)CC2)c(F)c1. The van der Waals surface area contributed by atoms with Crippen molar-refractivity contribution in [1.29, 1.82) is 5.26 Å². The van der Waals surface area contributed by atoms with E-state index in [-0.39, 0.29) is 23.3 Å². The summed E-state index contributed by atoms with van der Waals surface area (Å²) >= 11 is 0. The number of carbonyl (C=O) groups excluding carboxylic acids is 1. The van der Waals surface area contributed by atoms with E-state index >= 15 is 0 Å². The summed E-state index contributed by atoms with van der Waals surface area (Å²) in [7, 11) is 0. The average Bonchev–Trinajstić information content (AvgIpc) is 2.77. The summed E-state index contributed by atoms with van der Waals surface area (Å²) in [6.45, 7) is 1.89. The van der Waals surface area contributed by atoms with Crippen molar-refractivity contribution in [3.05, 3.63) is 75.7 Å². The van der Waals surface area contributed by atoms with Crippen LogP contribution in [0.2, 0.25) is 0 Å². The number of carbonyl (C=O) groups is 1. The number of H-pyrrole nitrogens is 1. The van der Waals surface area contributed by atoms with Crippen molar-refractivity contribution in [2.24, 2.45) is 0 Å². The molecule has 158 valence electrons. The van der Waals surface area contributed by atoms with E-state index in [2.05, 4.69) is 4.98 Å². The smallest absolute Gasteiger partial charge is 0.258 e. The molecular formula is C23H20F2N4O2. The van der Waals surface area contributed by atoms with E-state index in [1.165, 1.54) is 12.1 Å². The Kier molecular flexibility index (Phi) is 5.67. The van der Waals surface area contributed by atoms with Gasteiger partial charge in [0.05, 0.1) is 22.7 Å². The molecule has 1 aliphatic heterocycles. The number of rotatable bonds is 4. The molecule has 2 aromatic carbocycles. The van der Waals surface area contributed by atoms with E-state index in [0.29, 0.717) is 49.4 Å². The van der Waals surface area contributed by atoms with Gasteiger partial charge in [-0.25, -0.2) is 8.78 Å². The fourth-order valence-electron chi connectivity index (χ4n) is 3.90. The number of nitriles is 1. The molecule has 1 saturated heterocycles. The second kappa shape index (κ2) is 8.56. The first-order valence-corrected chi connectivity index (χ1v) is 9.99. The van der Waals surface area contributed by atoms with Gasteiger partial charge in [0.2, 0.25) is 5.91 Å². The Labute approximate surface area is 177 Å². The molecule has 0 aliphatic carbocycles. The fraction of sp³-hybridized carbons (Fsp3) is 0.261. The summed E-state index contributed by atoms with van der Waals surface area (Å²) in [5, 5.41) is 9.38. The molecule has 6 nitrogen and oxygen atoms in total. The lowest BCUT2D eigenvalue weighted by atomic mass is 10.1. The van der Waals surface area contributed by atoms with Crippen molar-refractivity contribution in [3.8, 4) is 6.07 Å². The normalized spacial score (nSPS) is 14.0. The van der Waals surface area contributed by atoms with E-state index in [1.807, 2.05) is 11.0 Å². The van der Waals surface area contributed by atoms with Crippen molar-refractivity contribution in [3.63, 3.8) is 0 Å². The number of hydrogen-bond acceptors (Lipinski definition) is 4. The number of nitrogens with zero attached hydrogens (tertiary/aromatic N) is 3. The molecule has 0 saturated carbocycles. The zero-order chi connectivity index (χ0) is 22.0. The zero-order valence-electron chi connectivity index (χ0n) is 16.7. The predicted molar refractivity (Wildman–Crippen MR) is 113 cm³/mol. The van der Waals surface area contributed by atoms with Crippen LogP contribution in [-0.2, 0) is 11.2 Å². The van der Waals surface area contributed by atoms with Crippen molar-refractivity contribution < 1.29 is 13.6 Å². The Bertz CT molecular complexity index is 1240. The zero-order valence-corrected chi connectivity index (χ0v) is 16.7. The first kappa shape index (κ1) is 20.5. The monoisotopic (exact) mass is 422 g/mol. The third-order valence-corrected chi connectivity index (χ3v) is 5.53. The molecule has 8 heteroatoms. The topological polar surface area (TPSA) is 80.2 Å². The first-order chi connectivity index (χ1) is 15.0. The molecule has 1 aromatic heterocycles. The summed E-state index contributed by atoms with van der Waals surface area (Å²) in [6, 6.07) is 12.4. The van der Waals surface area contributed by atoms with E-state index in [1.54, 1.807) is 35.2 Å². The molecule has 3 aromatic rings. The molecular weight excluding hydrogens is 402 g/mol. The molecule has 0 unspecified atom stereocenters. The Morgan fingerprint density at radius 1 is 1.06 bits per heavy atom. The molecule has 1 N–H and O–H groups in total. The Morgan fingerprint density at radius 3 is 2.55 bits per heavy atom. The number of benzene rings is 2. The third kappa shape index (κ3) is 4.26. The maximum Gasteiger partial charge on any atom is 0.258 e. The first-order valence-electron chi connectivity index (χ1n) is 9.99. The van der Waals surface area contributed by atoms with E-state index in [9.17, 15) is 18.4 Å². The number of aryl methyl sites for hydroxylation is 1. The van der Waals surface area contributed by atoms with Gasteiger partial charge in [0.1, 0.15) is 11.6 Å². The van der Waals surface area contributed by atoms with Crippen molar-refractivity contribution >= 4 is 22.4 Å². The number of anilines is 1. The lowest BCUT2D eigenvalue weighted by Gasteiger charge is -2.36.